The quantitative estimate of drug-likeness (QED) is 0.723. The molecular formula is C13H16F2N4O2. The maximum Gasteiger partial charge on any atom is 0.315 e. The van der Waals surface area contributed by atoms with Gasteiger partial charge in [0.2, 0.25) is 5.89 Å². The third kappa shape index (κ3) is 4.76. The average Bonchev–Trinajstić information content (AvgIpc) is 2.91. The number of hydrogen-bond donors (Lipinski definition) is 2. The molecule has 114 valence electrons. The third-order valence-electron chi connectivity index (χ3n) is 2.67. The molecule has 2 aromatic rings. The predicted octanol–water partition coefficient (Wildman–Crippen LogP) is 1.70. The summed E-state index contributed by atoms with van der Waals surface area (Å²) in [5.41, 5.74) is 0.314. The van der Waals surface area contributed by atoms with Crippen molar-refractivity contribution in [1.82, 2.24) is 15.5 Å². The molecule has 0 saturated carbocycles. The first-order valence-corrected chi connectivity index (χ1v) is 6.39. The number of ether oxygens (including phenoxy) is 1. The lowest BCUT2D eigenvalue weighted by Crippen LogP contribution is -2.18. The summed E-state index contributed by atoms with van der Waals surface area (Å²) < 4.78 is 36.4. The normalized spacial score (nSPS) is 10.8. The molecule has 0 amide bonds. The Bertz CT molecular complexity index is 577. The van der Waals surface area contributed by atoms with Gasteiger partial charge in [-0.25, -0.2) is 8.78 Å². The lowest BCUT2D eigenvalue weighted by molar-refractivity contribution is 0.198. The number of nitrogens with zero attached hydrogens (tertiary/aromatic N) is 2. The third-order valence-corrected chi connectivity index (χ3v) is 2.67. The van der Waals surface area contributed by atoms with Crippen molar-refractivity contribution in [2.75, 3.05) is 25.6 Å². The van der Waals surface area contributed by atoms with Crippen molar-refractivity contribution in [2.24, 2.45) is 0 Å². The van der Waals surface area contributed by atoms with Gasteiger partial charge in [0.05, 0.1) is 13.2 Å². The van der Waals surface area contributed by atoms with Crippen molar-refractivity contribution >= 4 is 6.01 Å². The Hall–Kier alpha value is -2.06. The summed E-state index contributed by atoms with van der Waals surface area (Å²) in [6.07, 6.45) is 0. The number of rotatable bonds is 8. The second kappa shape index (κ2) is 7.65. The highest BCUT2D eigenvalue weighted by Crippen LogP contribution is 2.12. The summed E-state index contributed by atoms with van der Waals surface area (Å²) in [7, 11) is 1.62. The molecule has 0 aliphatic carbocycles. The second-order valence-electron chi connectivity index (χ2n) is 4.26. The molecule has 0 fully saturated rings. The average molecular weight is 298 g/mol. The summed E-state index contributed by atoms with van der Waals surface area (Å²) in [4.78, 5) is 0. The summed E-state index contributed by atoms with van der Waals surface area (Å²) >= 11 is 0. The van der Waals surface area contributed by atoms with Gasteiger partial charge in [-0.05, 0) is 6.07 Å². The Kier molecular flexibility index (Phi) is 5.59. The Morgan fingerprint density at radius 1 is 1.24 bits per heavy atom. The van der Waals surface area contributed by atoms with Gasteiger partial charge in [0.15, 0.2) is 0 Å². The number of halogens is 2. The SMILES string of the molecule is COCCNCc1nnc(NCc2ccc(F)cc2F)o1. The number of hydrogen-bond acceptors (Lipinski definition) is 6. The van der Waals surface area contributed by atoms with E-state index in [1.54, 1.807) is 7.11 Å². The summed E-state index contributed by atoms with van der Waals surface area (Å²) in [5, 5.41) is 13.5. The molecule has 0 aliphatic heterocycles. The molecule has 1 heterocycles. The van der Waals surface area contributed by atoms with Gasteiger partial charge in [-0.1, -0.05) is 11.2 Å². The highest BCUT2D eigenvalue weighted by molar-refractivity contribution is 5.25. The Balaban J connectivity index is 1.82. The second-order valence-corrected chi connectivity index (χ2v) is 4.26. The van der Waals surface area contributed by atoms with Crippen molar-refractivity contribution < 1.29 is 17.9 Å². The van der Waals surface area contributed by atoms with Crippen LogP contribution in [0.1, 0.15) is 11.5 Å². The zero-order chi connectivity index (χ0) is 15.1. The Morgan fingerprint density at radius 3 is 2.86 bits per heavy atom. The van der Waals surface area contributed by atoms with Crippen LogP contribution in [0.25, 0.3) is 0 Å². The first-order chi connectivity index (χ1) is 10.2. The van der Waals surface area contributed by atoms with Crippen LogP contribution in [0.5, 0.6) is 0 Å². The van der Waals surface area contributed by atoms with Gasteiger partial charge in [0, 0.05) is 31.8 Å². The molecule has 0 atom stereocenters. The lowest BCUT2D eigenvalue weighted by Gasteiger charge is -2.03. The van der Waals surface area contributed by atoms with E-state index >= 15 is 0 Å². The van der Waals surface area contributed by atoms with Crippen LogP contribution in [0.4, 0.5) is 14.8 Å². The number of nitrogens with one attached hydrogen (secondary N) is 2. The molecule has 0 bridgehead atoms. The van der Waals surface area contributed by atoms with Gasteiger partial charge in [0.1, 0.15) is 11.6 Å². The van der Waals surface area contributed by atoms with E-state index in [-0.39, 0.29) is 12.6 Å². The number of methoxy groups -OCH3 is 1. The number of anilines is 1. The Morgan fingerprint density at radius 2 is 2.10 bits per heavy atom. The van der Waals surface area contributed by atoms with Gasteiger partial charge in [-0.15, -0.1) is 5.10 Å². The molecule has 2 N–H and O–H groups in total. The zero-order valence-electron chi connectivity index (χ0n) is 11.5. The van der Waals surface area contributed by atoms with E-state index in [2.05, 4.69) is 20.8 Å². The van der Waals surface area contributed by atoms with E-state index in [4.69, 9.17) is 9.15 Å². The van der Waals surface area contributed by atoms with E-state index in [1.807, 2.05) is 0 Å². The Labute approximate surface area is 120 Å². The molecule has 6 nitrogen and oxygen atoms in total. The van der Waals surface area contributed by atoms with Crippen molar-refractivity contribution in [3.63, 3.8) is 0 Å². The molecular weight excluding hydrogens is 282 g/mol. The van der Waals surface area contributed by atoms with Gasteiger partial charge in [-0.3, -0.25) is 0 Å². The van der Waals surface area contributed by atoms with Gasteiger partial charge in [0.25, 0.3) is 0 Å². The maximum atomic E-state index is 13.4. The van der Waals surface area contributed by atoms with Crippen molar-refractivity contribution in [3.8, 4) is 0 Å². The minimum atomic E-state index is -0.622. The zero-order valence-corrected chi connectivity index (χ0v) is 11.5. The van der Waals surface area contributed by atoms with Crippen LogP contribution in [0.2, 0.25) is 0 Å². The molecule has 2 rings (SSSR count). The highest BCUT2D eigenvalue weighted by Gasteiger charge is 2.07. The fraction of sp³-hybridized carbons (Fsp3) is 0.385. The fourth-order valence-electron chi connectivity index (χ4n) is 1.60. The first kappa shape index (κ1) is 15.3. The van der Waals surface area contributed by atoms with Gasteiger partial charge < -0.3 is 19.8 Å². The van der Waals surface area contributed by atoms with E-state index in [0.717, 1.165) is 6.07 Å². The lowest BCUT2D eigenvalue weighted by atomic mass is 10.2. The van der Waals surface area contributed by atoms with Crippen LogP contribution in [-0.2, 0) is 17.8 Å². The van der Waals surface area contributed by atoms with Gasteiger partial charge in [-0.2, -0.15) is 0 Å². The molecule has 0 radical (unpaired) electrons. The summed E-state index contributed by atoms with van der Waals surface area (Å²) in [6.45, 7) is 1.80. The van der Waals surface area contributed by atoms with Crippen LogP contribution >= 0.6 is 0 Å². The minimum absolute atomic E-state index is 0.130. The van der Waals surface area contributed by atoms with E-state index in [1.165, 1.54) is 12.1 Å². The summed E-state index contributed by atoms with van der Waals surface area (Å²) in [6, 6.07) is 3.57. The van der Waals surface area contributed by atoms with Crippen LogP contribution < -0.4 is 10.6 Å². The molecule has 21 heavy (non-hydrogen) atoms. The molecule has 0 saturated heterocycles. The molecule has 8 heteroatoms. The highest BCUT2D eigenvalue weighted by atomic mass is 19.1. The van der Waals surface area contributed by atoms with E-state index < -0.39 is 11.6 Å². The topological polar surface area (TPSA) is 72.2 Å². The molecule has 1 aromatic carbocycles. The standard InChI is InChI=1S/C13H16F2N4O2/c1-20-5-4-16-8-12-18-19-13(21-12)17-7-9-2-3-10(14)6-11(9)15/h2-3,6,16H,4-5,7-8H2,1H3,(H,17,19). The smallest absolute Gasteiger partial charge is 0.315 e. The van der Waals surface area contributed by atoms with E-state index in [0.29, 0.717) is 31.2 Å². The number of benzene rings is 1. The first-order valence-electron chi connectivity index (χ1n) is 6.39. The fourth-order valence-corrected chi connectivity index (χ4v) is 1.60. The molecule has 0 aliphatic rings. The van der Waals surface area contributed by atoms with E-state index in [9.17, 15) is 8.78 Å². The van der Waals surface area contributed by atoms with Crippen LogP contribution in [0.3, 0.4) is 0 Å². The summed E-state index contributed by atoms with van der Waals surface area (Å²) in [5.74, 6) is -0.824. The predicted molar refractivity (Wildman–Crippen MR) is 71.6 cm³/mol. The number of aromatic nitrogens is 2. The van der Waals surface area contributed by atoms with Crippen molar-refractivity contribution in [1.29, 1.82) is 0 Å². The van der Waals surface area contributed by atoms with Crippen molar-refractivity contribution in [2.45, 2.75) is 13.1 Å². The largest absolute Gasteiger partial charge is 0.407 e. The van der Waals surface area contributed by atoms with Crippen LogP contribution in [-0.4, -0.2) is 30.5 Å². The minimum Gasteiger partial charge on any atom is -0.407 e. The van der Waals surface area contributed by atoms with Crippen LogP contribution in [0, 0.1) is 11.6 Å². The van der Waals surface area contributed by atoms with Crippen LogP contribution in [0.15, 0.2) is 22.6 Å². The molecule has 1 aromatic heterocycles. The molecule has 0 spiro atoms. The maximum absolute atomic E-state index is 13.4. The van der Waals surface area contributed by atoms with Gasteiger partial charge >= 0.3 is 6.01 Å². The van der Waals surface area contributed by atoms with Crippen molar-refractivity contribution in [3.05, 3.63) is 41.3 Å². The molecule has 0 unspecified atom stereocenters. The monoisotopic (exact) mass is 298 g/mol.